The predicted molar refractivity (Wildman–Crippen MR) is 148 cm³/mol. The van der Waals surface area contributed by atoms with Crippen LogP contribution in [0.5, 0.6) is 5.75 Å². The number of pyridine rings is 1. The first kappa shape index (κ1) is 24.5. The summed E-state index contributed by atoms with van der Waals surface area (Å²) in [6.07, 6.45) is 1.79. The van der Waals surface area contributed by atoms with Crippen LogP contribution < -0.4 is 15.0 Å². The average Bonchev–Trinajstić information content (AvgIpc) is 3.40. The molecule has 8 heteroatoms. The van der Waals surface area contributed by atoms with E-state index in [1.807, 2.05) is 62.4 Å². The van der Waals surface area contributed by atoms with Crippen molar-refractivity contribution >= 4 is 29.0 Å². The number of ether oxygens (including phenoxy) is 1. The van der Waals surface area contributed by atoms with Crippen LogP contribution >= 0.6 is 12.2 Å². The van der Waals surface area contributed by atoms with Crippen molar-refractivity contribution in [1.29, 1.82) is 0 Å². The summed E-state index contributed by atoms with van der Waals surface area (Å²) in [6, 6.07) is 22.6. The highest BCUT2D eigenvalue weighted by molar-refractivity contribution is 7.80. The molecule has 0 saturated carbocycles. The molecule has 0 unspecified atom stereocenters. The number of aryl methyl sites for hydroxylation is 1. The second kappa shape index (κ2) is 10.1. The Bertz CT molecular complexity index is 1450. The maximum absolute atomic E-state index is 11.6. The largest absolute Gasteiger partial charge is 0.494 e. The van der Waals surface area contributed by atoms with Crippen LogP contribution in [0.3, 0.4) is 0 Å². The van der Waals surface area contributed by atoms with Gasteiger partial charge in [0.2, 0.25) is 0 Å². The van der Waals surface area contributed by atoms with E-state index in [4.69, 9.17) is 17.0 Å². The van der Waals surface area contributed by atoms with E-state index >= 15 is 0 Å². The first-order valence-corrected chi connectivity index (χ1v) is 12.6. The molecule has 3 heterocycles. The van der Waals surface area contributed by atoms with Crippen molar-refractivity contribution in [2.24, 2.45) is 0 Å². The highest BCUT2D eigenvalue weighted by Gasteiger charge is 2.42. The molecule has 5 rings (SSSR count). The average molecular weight is 513 g/mol. The molecule has 0 radical (unpaired) electrons. The lowest BCUT2D eigenvalue weighted by Gasteiger charge is -2.28. The summed E-state index contributed by atoms with van der Waals surface area (Å²) in [4.78, 5) is 18.4. The van der Waals surface area contributed by atoms with Crippen LogP contribution in [-0.4, -0.2) is 32.3 Å². The molecule has 1 aliphatic heterocycles. The van der Waals surface area contributed by atoms with Crippen molar-refractivity contribution in [2.75, 3.05) is 11.5 Å². The topological polar surface area (TPSA) is 79.6 Å². The molecular formula is C29H28N4O3S. The molecule has 1 saturated heterocycles. The number of aromatic carboxylic acids is 1. The summed E-state index contributed by atoms with van der Waals surface area (Å²) in [5.41, 5.74) is 5.97. The van der Waals surface area contributed by atoms with Gasteiger partial charge in [0.25, 0.3) is 0 Å². The number of nitrogens with zero attached hydrogens (tertiary/aromatic N) is 3. The lowest BCUT2D eigenvalue weighted by Crippen LogP contribution is -2.29. The Kier molecular flexibility index (Phi) is 6.67. The number of nitrogens with one attached hydrogen (secondary N) is 1. The molecule has 0 bridgehead atoms. The molecular weight excluding hydrogens is 484 g/mol. The summed E-state index contributed by atoms with van der Waals surface area (Å²) in [5, 5.41) is 13.6. The minimum absolute atomic E-state index is 0.178. The highest BCUT2D eigenvalue weighted by atomic mass is 32.1. The molecule has 2 aromatic heterocycles. The second-order valence-electron chi connectivity index (χ2n) is 8.94. The van der Waals surface area contributed by atoms with Crippen molar-refractivity contribution in [1.82, 2.24) is 14.9 Å². The Morgan fingerprint density at radius 3 is 2.51 bits per heavy atom. The van der Waals surface area contributed by atoms with Crippen LogP contribution in [0.2, 0.25) is 0 Å². The third-order valence-electron chi connectivity index (χ3n) is 6.66. The van der Waals surface area contributed by atoms with Gasteiger partial charge >= 0.3 is 5.97 Å². The molecule has 37 heavy (non-hydrogen) atoms. The van der Waals surface area contributed by atoms with Crippen LogP contribution in [0.1, 0.15) is 52.0 Å². The molecule has 4 aromatic rings. The zero-order valence-electron chi connectivity index (χ0n) is 20.9. The number of benzene rings is 2. The van der Waals surface area contributed by atoms with Crippen LogP contribution in [0, 0.1) is 13.8 Å². The highest BCUT2D eigenvalue weighted by Crippen LogP contribution is 2.44. The Balaban J connectivity index is 1.64. The third-order valence-corrected chi connectivity index (χ3v) is 6.98. The van der Waals surface area contributed by atoms with Crippen molar-refractivity contribution < 1.29 is 14.6 Å². The molecule has 2 N–H and O–H groups in total. The Hall–Kier alpha value is -4.17. The van der Waals surface area contributed by atoms with Gasteiger partial charge in [0.05, 0.1) is 29.9 Å². The molecule has 0 aliphatic carbocycles. The molecule has 1 fully saturated rings. The summed E-state index contributed by atoms with van der Waals surface area (Å²) in [7, 11) is 0. The molecule has 1 aliphatic rings. The Morgan fingerprint density at radius 1 is 1.05 bits per heavy atom. The van der Waals surface area contributed by atoms with E-state index in [9.17, 15) is 9.90 Å². The quantitative estimate of drug-likeness (QED) is 0.305. The molecule has 2 aromatic carbocycles. The Morgan fingerprint density at radius 2 is 1.84 bits per heavy atom. The van der Waals surface area contributed by atoms with Crippen LogP contribution in [0.4, 0.5) is 5.69 Å². The number of carbonyl (C=O) groups is 1. The maximum atomic E-state index is 11.6. The number of thiocarbonyl (C=S) groups is 1. The van der Waals surface area contributed by atoms with Gasteiger partial charge in [-0.25, -0.2) is 4.79 Å². The van der Waals surface area contributed by atoms with Crippen LogP contribution in [-0.2, 0) is 0 Å². The van der Waals surface area contributed by atoms with Gasteiger partial charge in [0, 0.05) is 29.0 Å². The Labute approximate surface area is 221 Å². The van der Waals surface area contributed by atoms with E-state index in [1.165, 1.54) is 0 Å². The van der Waals surface area contributed by atoms with Crippen molar-refractivity contribution in [3.05, 3.63) is 107 Å². The number of rotatable bonds is 7. The summed E-state index contributed by atoms with van der Waals surface area (Å²) >= 11 is 5.87. The van der Waals surface area contributed by atoms with E-state index in [0.29, 0.717) is 11.7 Å². The lowest BCUT2D eigenvalue weighted by molar-refractivity contribution is 0.0697. The van der Waals surface area contributed by atoms with Crippen molar-refractivity contribution in [3.63, 3.8) is 0 Å². The zero-order valence-corrected chi connectivity index (χ0v) is 21.7. The van der Waals surface area contributed by atoms with E-state index < -0.39 is 5.97 Å². The molecule has 2 atom stereocenters. The van der Waals surface area contributed by atoms with E-state index in [2.05, 4.69) is 32.8 Å². The number of carboxylic acid groups (broad SMARTS) is 1. The smallest absolute Gasteiger partial charge is 0.335 e. The van der Waals surface area contributed by atoms with E-state index in [0.717, 1.165) is 39.8 Å². The number of carboxylic acids is 1. The molecule has 188 valence electrons. The second-order valence-corrected chi connectivity index (χ2v) is 9.33. The minimum Gasteiger partial charge on any atom is -0.494 e. The summed E-state index contributed by atoms with van der Waals surface area (Å²) < 4.78 is 7.74. The van der Waals surface area contributed by atoms with Crippen LogP contribution in [0.25, 0.3) is 5.69 Å². The number of hydrogen-bond donors (Lipinski definition) is 2. The van der Waals surface area contributed by atoms with Gasteiger partial charge in [-0.15, -0.1) is 0 Å². The van der Waals surface area contributed by atoms with E-state index in [-0.39, 0.29) is 17.6 Å². The number of hydrogen-bond acceptors (Lipinski definition) is 4. The summed E-state index contributed by atoms with van der Waals surface area (Å²) in [5.74, 6) is -0.148. The van der Waals surface area contributed by atoms with Gasteiger partial charge in [-0.2, -0.15) is 0 Å². The van der Waals surface area contributed by atoms with Gasteiger partial charge in [0.1, 0.15) is 5.75 Å². The zero-order chi connectivity index (χ0) is 26.1. The van der Waals surface area contributed by atoms with Crippen molar-refractivity contribution in [3.8, 4) is 11.4 Å². The number of aromatic nitrogens is 2. The SMILES string of the molecule is CCOc1ccc(N2C(=S)N[C@@H](c3ccccn3)[C@H]2c2cc(C)n(-c3cccc(C(=O)O)c3)c2C)cc1. The monoisotopic (exact) mass is 512 g/mol. The fourth-order valence-electron chi connectivity index (χ4n) is 5.08. The van der Waals surface area contributed by atoms with Gasteiger partial charge in [-0.1, -0.05) is 12.1 Å². The molecule has 7 nitrogen and oxygen atoms in total. The first-order valence-electron chi connectivity index (χ1n) is 12.1. The predicted octanol–water partition coefficient (Wildman–Crippen LogP) is 5.76. The molecule has 0 amide bonds. The molecule has 0 spiro atoms. The normalized spacial score (nSPS) is 17.1. The fraction of sp³-hybridized carbons (Fsp3) is 0.207. The van der Waals surface area contributed by atoms with Crippen LogP contribution in [0.15, 0.2) is 79.0 Å². The van der Waals surface area contributed by atoms with E-state index in [1.54, 1.807) is 24.4 Å². The fourth-order valence-corrected chi connectivity index (χ4v) is 5.43. The van der Waals surface area contributed by atoms with Crippen molar-refractivity contribution in [2.45, 2.75) is 32.9 Å². The van der Waals surface area contributed by atoms with Gasteiger partial charge in [-0.05, 0) is 99.2 Å². The first-order chi connectivity index (χ1) is 17.9. The maximum Gasteiger partial charge on any atom is 0.335 e. The van der Waals surface area contributed by atoms with Gasteiger partial charge in [-0.3, -0.25) is 4.98 Å². The third kappa shape index (κ3) is 4.56. The lowest BCUT2D eigenvalue weighted by atomic mass is 9.96. The minimum atomic E-state index is -0.952. The standard InChI is InChI=1S/C29H28N4O3S/c1-4-36-23-13-11-21(12-14-23)33-27(26(31-29(33)37)25-10-5-6-15-30-25)24-16-18(2)32(19(24)3)22-9-7-8-20(17-22)28(34)35/h5-17,26-27H,4H2,1-3H3,(H,31,37)(H,34,35)/t26-,27+/m0/s1. The summed E-state index contributed by atoms with van der Waals surface area (Å²) in [6.45, 7) is 6.65. The van der Waals surface area contributed by atoms with Gasteiger partial charge in [0.15, 0.2) is 5.11 Å². The van der Waals surface area contributed by atoms with Gasteiger partial charge < -0.3 is 24.6 Å². The number of anilines is 1.